The molecule has 0 bridgehead atoms. The number of hydrogen-bond acceptors (Lipinski definition) is 3. The van der Waals surface area contributed by atoms with Crippen molar-refractivity contribution < 1.29 is 14.3 Å². The van der Waals surface area contributed by atoms with Gasteiger partial charge in [-0.05, 0) is 46.7 Å². The van der Waals surface area contributed by atoms with Gasteiger partial charge in [0.05, 0.1) is 13.2 Å². The summed E-state index contributed by atoms with van der Waals surface area (Å²) in [5.74, 6) is 0.760. The molecule has 2 aromatic rings. The fraction of sp³-hybridized carbons (Fsp3) is 0.440. The summed E-state index contributed by atoms with van der Waals surface area (Å²) in [4.78, 5) is 24.8. The standard InChI is InChI=1S/C25H34N2O3/c1-17(2)23(18-9-13-21(30-6)14-10-18)27-22(28)15-16-26-24(29)19-7-11-20(12-8-19)25(3,4)5/h7-14,17,23H,15-16H2,1-6H3,(H,26,29)(H,27,28). The van der Waals surface area contributed by atoms with Gasteiger partial charge in [-0.3, -0.25) is 9.59 Å². The summed E-state index contributed by atoms with van der Waals surface area (Å²) in [7, 11) is 1.63. The third kappa shape index (κ3) is 6.61. The maximum absolute atomic E-state index is 12.4. The van der Waals surface area contributed by atoms with Crippen LogP contribution in [0.1, 0.15) is 68.6 Å². The Morgan fingerprint density at radius 2 is 1.57 bits per heavy atom. The lowest BCUT2D eigenvalue weighted by Gasteiger charge is -2.23. The molecule has 2 rings (SSSR count). The molecular weight excluding hydrogens is 376 g/mol. The third-order valence-corrected chi connectivity index (χ3v) is 5.11. The van der Waals surface area contributed by atoms with E-state index in [9.17, 15) is 9.59 Å². The molecule has 0 radical (unpaired) electrons. The highest BCUT2D eigenvalue weighted by molar-refractivity contribution is 5.94. The Kier molecular flexibility index (Phi) is 8.04. The number of nitrogens with one attached hydrogen (secondary N) is 2. The van der Waals surface area contributed by atoms with Gasteiger partial charge in [0.15, 0.2) is 0 Å². The highest BCUT2D eigenvalue weighted by atomic mass is 16.5. The molecule has 5 heteroatoms. The van der Waals surface area contributed by atoms with Crippen LogP contribution >= 0.6 is 0 Å². The first-order valence-corrected chi connectivity index (χ1v) is 10.4. The molecule has 0 aromatic heterocycles. The zero-order valence-corrected chi connectivity index (χ0v) is 18.9. The van der Waals surface area contributed by atoms with Crippen LogP contribution < -0.4 is 15.4 Å². The van der Waals surface area contributed by atoms with E-state index in [1.165, 1.54) is 5.56 Å². The molecule has 1 unspecified atom stereocenters. The minimum absolute atomic E-state index is 0.0456. The number of benzene rings is 2. The zero-order chi connectivity index (χ0) is 22.3. The Balaban J connectivity index is 1.87. The summed E-state index contributed by atoms with van der Waals surface area (Å²) in [6.07, 6.45) is 0.227. The lowest BCUT2D eigenvalue weighted by molar-refractivity contribution is -0.122. The number of carbonyl (C=O) groups is 2. The van der Waals surface area contributed by atoms with Crippen molar-refractivity contribution in [3.05, 3.63) is 65.2 Å². The summed E-state index contributed by atoms with van der Waals surface area (Å²) >= 11 is 0. The monoisotopic (exact) mass is 410 g/mol. The second-order valence-electron chi connectivity index (χ2n) is 8.90. The third-order valence-electron chi connectivity index (χ3n) is 5.11. The lowest BCUT2D eigenvalue weighted by Crippen LogP contribution is -2.34. The number of hydrogen-bond donors (Lipinski definition) is 2. The van der Waals surface area contributed by atoms with Gasteiger partial charge in [0.2, 0.25) is 5.91 Å². The Bertz CT molecular complexity index is 834. The summed E-state index contributed by atoms with van der Waals surface area (Å²) in [6, 6.07) is 15.2. The average molecular weight is 411 g/mol. The first-order valence-electron chi connectivity index (χ1n) is 10.4. The van der Waals surface area contributed by atoms with Crippen molar-refractivity contribution in [2.45, 2.75) is 52.5 Å². The first-order chi connectivity index (χ1) is 14.1. The molecular formula is C25H34N2O3. The van der Waals surface area contributed by atoms with Crippen LogP contribution in [0, 0.1) is 5.92 Å². The number of carbonyl (C=O) groups excluding carboxylic acids is 2. The van der Waals surface area contributed by atoms with Crippen molar-refractivity contribution in [3.63, 3.8) is 0 Å². The summed E-state index contributed by atoms with van der Waals surface area (Å²) in [5.41, 5.74) is 2.85. The van der Waals surface area contributed by atoms with Gasteiger partial charge in [0.1, 0.15) is 5.75 Å². The fourth-order valence-electron chi connectivity index (χ4n) is 3.20. The van der Waals surface area contributed by atoms with Gasteiger partial charge in [-0.15, -0.1) is 0 Å². The molecule has 0 saturated heterocycles. The van der Waals surface area contributed by atoms with Crippen molar-refractivity contribution in [2.75, 3.05) is 13.7 Å². The minimum atomic E-state index is -0.168. The second-order valence-corrected chi connectivity index (χ2v) is 8.90. The van der Waals surface area contributed by atoms with E-state index in [-0.39, 0.29) is 35.6 Å². The predicted molar refractivity (Wildman–Crippen MR) is 121 cm³/mol. The second kappa shape index (κ2) is 10.3. The highest BCUT2D eigenvalue weighted by Gasteiger charge is 2.19. The van der Waals surface area contributed by atoms with E-state index in [4.69, 9.17) is 4.74 Å². The van der Waals surface area contributed by atoms with Crippen LogP contribution in [0.2, 0.25) is 0 Å². The zero-order valence-electron chi connectivity index (χ0n) is 18.9. The molecule has 0 saturated carbocycles. The van der Waals surface area contributed by atoms with Gasteiger partial charge in [-0.1, -0.05) is 58.9 Å². The maximum Gasteiger partial charge on any atom is 0.251 e. The fourth-order valence-corrected chi connectivity index (χ4v) is 3.20. The maximum atomic E-state index is 12.4. The van der Waals surface area contributed by atoms with Gasteiger partial charge in [-0.2, -0.15) is 0 Å². The Morgan fingerprint density at radius 3 is 2.07 bits per heavy atom. The van der Waals surface area contributed by atoms with Gasteiger partial charge in [0, 0.05) is 18.5 Å². The van der Waals surface area contributed by atoms with E-state index >= 15 is 0 Å². The molecule has 162 valence electrons. The average Bonchev–Trinajstić information content (AvgIpc) is 2.71. The molecule has 0 fully saturated rings. The van der Waals surface area contributed by atoms with E-state index in [1.54, 1.807) is 7.11 Å². The van der Waals surface area contributed by atoms with Crippen molar-refractivity contribution in [1.82, 2.24) is 10.6 Å². The van der Waals surface area contributed by atoms with Crippen molar-refractivity contribution >= 4 is 11.8 Å². The molecule has 30 heavy (non-hydrogen) atoms. The number of amides is 2. The van der Waals surface area contributed by atoms with Crippen LogP contribution in [0.15, 0.2) is 48.5 Å². The van der Waals surface area contributed by atoms with E-state index in [0.29, 0.717) is 12.1 Å². The number of methoxy groups -OCH3 is 1. The summed E-state index contributed by atoms with van der Waals surface area (Å²) in [6.45, 7) is 10.8. The number of rotatable bonds is 8. The molecule has 2 aromatic carbocycles. The van der Waals surface area contributed by atoms with Gasteiger partial charge in [0.25, 0.3) is 5.91 Å². The Hall–Kier alpha value is -2.82. The van der Waals surface area contributed by atoms with Crippen molar-refractivity contribution in [1.29, 1.82) is 0 Å². The summed E-state index contributed by atoms with van der Waals surface area (Å²) < 4.78 is 5.20. The van der Waals surface area contributed by atoms with E-state index in [1.807, 2.05) is 48.5 Å². The Morgan fingerprint density at radius 1 is 0.967 bits per heavy atom. The van der Waals surface area contributed by atoms with Crippen LogP contribution in [0.5, 0.6) is 5.75 Å². The van der Waals surface area contributed by atoms with Crippen LogP contribution in [0.4, 0.5) is 0 Å². The predicted octanol–water partition coefficient (Wildman–Crippen LogP) is 4.63. The number of ether oxygens (including phenoxy) is 1. The van der Waals surface area contributed by atoms with Crippen LogP contribution in [0.25, 0.3) is 0 Å². The molecule has 0 spiro atoms. The lowest BCUT2D eigenvalue weighted by atomic mass is 9.87. The summed E-state index contributed by atoms with van der Waals surface area (Å²) in [5, 5.41) is 5.91. The topological polar surface area (TPSA) is 67.4 Å². The molecule has 2 amide bonds. The van der Waals surface area contributed by atoms with Crippen LogP contribution in [-0.4, -0.2) is 25.5 Å². The van der Waals surface area contributed by atoms with Crippen LogP contribution in [0.3, 0.4) is 0 Å². The van der Waals surface area contributed by atoms with Gasteiger partial charge < -0.3 is 15.4 Å². The van der Waals surface area contributed by atoms with Crippen molar-refractivity contribution in [3.8, 4) is 5.75 Å². The van der Waals surface area contributed by atoms with E-state index in [0.717, 1.165) is 11.3 Å². The molecule has 0 aliphatic rings. The smallest absolute Gasteiger partial charge is 0.251 e. The minimum Gasteiger partial charge on any atom is -0.497 e. The van der Waals surface area contributed by atoms with Gasteiger partial charge in [-0.25, -0.2) is 0 Å². The quantitative estimate of drug-likeness (QED) is 0.667. The van der Waals surface area contributed by atoms with Gasteiger partial charge >= 0.3 is 0 Å². The molecule has 5 nitrogen and oxygen atoms in total. The van der Waals surface area contributed by atoms with E-state index in [2.05, 4.69) is 45.3 Å². The SMILES string of the molecule is COc1ccc(C(NC(=O)CCNC(=O)c2ccc(C(C)(C)C)cc2)C(C)C)cc1. The molecule has 0 heterocycles. The molecule has 0 aliphatic carbocycles. The van der Waals surface area contributed by atoms with E-state index < -0.39 is 0 Å². The normalized spacial score (nSPS) is 12.4. The van der Waals surface area contributed by atoms with Crippen LogP contribution in [-0.2, 0) is 10.2 Å². The molecule has 0 aliphatic heterocycles. The molecule has 1 atom stereocenters. The molecule has 2 N–H and O–H groups in total. The Labute approximate surface area is 180 Å². The largest absolute Gasteiger partial charge is 0.497 e. The van der Waals surface area contributed by atoms with Crippen molar-refractivity contribution in [2.24, 2.45) is 5.92 Å². The highest BCUT2D eigenvalue weighted by Crippen LogP contribution is 2.24. The first kappa shape index (κ1) is 23.5.